The summed E-state index contributed by atoms with van der Waals surface area (Å²) >= 11 is 1.48. The molecule has 1 heterocycles. The van der Waals surface area contributed by atoms with Crippen molar-refractivity contribution in [2.45, 2.75) is 46.5 Å². The summed E-state index contributed by atoms with van der Waals surface area (Å²) in [5, 5.41) is 5.58. The molecule has 0 unspecified atom stereocenters. The fourth-order valence-corrected chi connectivity index (χ4v) is 3.00. The normalized spacial score (nSPS) is 10.6. The number of nitrogens with zero attached hydrogens (tertiary/aromatic N) is 1. The van der Waals surface area contributed by atoms with E-state index in [0.717, 1.165) is 30.5 Å². The first-order valence-corrected chi connectivity index (χ1v) is 8.31. The number of benzene rings is 1. The number of unbranched alkanes of at least 4 members (excludes halogenated alkanes) is 2. The highest BCUT2D eigenvalue weighted by molar-refractivity contribution is 7.14. The molecule has 112 valence electrons. The highest BCUT2D eigenvalue weighted by Crippen LogP contribution is 2.28. The smallest absolute Gasteiger partial charge is 0.226 e. The number of aryl methyl sites for hydroxylation is 2. The highest BCUT2D eigenvalue weighted by atomic mass is 32.1. The molecule has 0 aliphatic heterocycles. The second-order valence-corrected chi connectivity index (χ2v) is 6.22. The van der Waals surface area contributed by atoms with Crippen LogP contribution in [0.15, 0.2) is 23.6 Å². The minimum atomic E-state index is 0.0602. The molecule has 4 heteroatoms. The van der Waals surface area contributed by atoms with Gasteiger partial charge < -0.3 is 5.32 Å². The van der Waals surface area contributed by atoms with Crippen molar-refractivity contribution in [2.24, 2.45) is 0 Å². The first-order chi connectivity index (χ1) is 10.1. The van der Waals surface area contributed by atoms with Gasteiger partial charge in [0.1, 0.15) is 0 Å². The molecule has 0 bridgehead atoms. The summed E-state index contributed by atoms with van der Waals surface area (Å²) in [5.41, 5.74) is 4.52. The predicted octanol–water partition coefficient (Wildman–Crippen LogP) is 4.95. The molecule has 3 nitrogen and oxygen atoms in total. The van der Waals surface area contributed by atoms with Gasteiger partial charge in [-0.15, -0.1) is 11.3 Å². The van der Waals surface area contributed by atoms with Gasteiger partial charge in [0.2, 0.25) is 5.91 Å². The topological polar surface area (TPSA) is 42.0 Å². The van der Waals surface area contributed by atoms with Crippen molar-refractivity contribution in [2.75, 3.05) is 5.32 Å². The van der Waals surface area contributed by atoms with E-state index in [1.165, 1.54) is 22.5 Å². The van der Waals surface area contributed by atoms with Crippen LogP contribution in [-0.4, -0.2) is 10.9 Å². The molecule has 0 saturated carbocycles. The maximum absolute atomic E-state index is 11.8. The van der Waals surface area contributed by atoms with Gasteiger partial charge in [-0.05, 0) is 25.8 Å². The summed E-state index contributed by atoms with van der Waals surface area (Å²) in [6, 6.07) is 6.33. The molecular weight excluding hydrogens is 280 g/mol. The lowest BCUT2D eigenvalue weighted by Gasteiger charge is -2.04. The molecule has 2 aromatic rings. The maximum atomic E-state index is 11.8. The van der Waals surface area contributed by atoms with E-state index >= 15 is 0 Å². The molecule has 0 radical (unpaired) electrons. The van der Waals surface area contributed by atoms with Gasteiger partial charge >= 0.3 is 0 Å². The Morgan fingerprint density at radius 2 is 2.10 bits per heavy atom. The Bertz CT molecular complexity index is 619. The van der Waals surface area contributed by atoms with Crippen molar-refractivity contribution in [3.8, 4) is 11.3 Å². The number of hydrogen-bond acceptors (Lipinski definition) is 3. The molecule has 21 heavy (non-hydrogen) atoms. The molecule has 1 aromatic heterocycles. The van der Waals surface area contributed by atoms with Crippen molar-refractivity contribution in [3.05, 3.63) is 34.7 Å². The van der Waals surface area contributed by atoms with E-state index in [1.54, 1.807) is 0 Å². The number of carbonyl (C=O) groups excluding carboxylic acids is 1. The second-order valence-electron chi connectivity index (χ2n) is 5.36. The Kier molecular flexibility index (Phi) is 5.51. The summed E-state index contributed by atoms with van der Waals surface area (Å²) in [6.45, 7) is 6.30. The summed E-state index contributed by atoms with van der Waals surface area (Å²) in [6.07, 6.45) is 3.74. The molecule has 1 aromatic carbocycles. The molecule has 0 spiro atoms. The van der Waals surface area contributed by atoms with Gasteiger partial charge in [-0.25, -0.2) is 4.98 Å². The quantitative estimate of drug-likeness (QED) is 0.767. The van der Waals surface area contributed by atoms with E-state index in [1.807, 2.05) is 5.38 Å². The molecule has 0 aliphatic carbocycles. The van der Waals surface area contributed by atoms with E-state index in [0.29, 0.717) is 11.6 Å². The van der Waals surface area contributed by atoms with Crippen molar-refractivity contribution < 1.29 is 4.79 Å². The molecule has 0 atom stereocenters. The molecule has 0 aliphatic rings. The Morgan fingerprint density at radius 1 is 1.29 bits per heavy atom. The molecule has 1 amide bonds. The average Bonchev–Trinajstić information content (AvgIpc) is 2.87. The molecule has 0 fully saturated rings. The predicted molar refractivity (Wildman–Crippen MR) is 89.8 cm³/mol. The van der Waals surface area contributed by atoms with Gasteiger partial charge in [-0.1, -0.05) is 43.5 Å². The van der Waals surface area contributed by atoms with Crippen LogP contribution in [-0.2, 0) is 4.79 Å². The lowest BCUT2D eigenvalue weighted by molar-refractivity contribution is -0.116. The number of nitrogens with one attached hydrogen (secondary N) is 1. The van der Waals surface area contributed by atoms with Gasteiger partial charge in [0.15, 0.2) is 5.13 Å². The summed E-state index contributed by atoms with van der Waals surface area (Å²) < 4.78 is 0. The Morgan fingerprint density at radius 3 is 2.81 bits per heavy atom. The standard InChI is InChI=1S/C17H22N2OS/c1-4-5-6-7-16(20)19-17-18-15(11-21-17)14-9-8-12(2)10-13(14)3/h8-11H,4-7H2,1-3H3,(H,18,19,20). The van der Waals surface area contributed by atoms with Crippen LogP contribution >= 0.6 is 11.3 Å². The van der Waals surface area contributed by atoms with Crippen LogP contribution in [0, 0.1) is 13.8 Å². The summed E-state index contributed by atoms with van der Waals surface area (Å²) in [5.74, 6) is 0.0602. The fourth-order valence-electron chi connectivity index (χ4n) is 2.27. The van der Waals surface area contributed by atoms with Crippen LogP contribution in [0.1, 0.15) is 43.7 Å². The van der Waals surface area contributed by atoms with E-state index in [9.17, 15) is 4.79 Å². The summed E-state index contributed by atoms with van der Waals surface area (Å²) in [4.78, 5) is 16.3. The van der Waals surface area contributed by atoms with E-state index < -0.39 is 0 Å². The first kappa shape index (κ1) is 15.7. The lowest BCUT2D eigenvalue weighted by atomic mass is 10.0. The van der Waals surface area contributed by atoms with E-state index in [2.05, 4.69) is 49.3 Å². The third-order valence-electron chi connectivity index (χ3n) is 3.42. The van der Waals surface area contributed by atoms with Gasteiger partial charge in [0, 0.05) is 17.4 Å². The zero-order chi connectivity index (χ0) is 15.2. The number of thiazole rings is 1. The Hall–Kier alpha value is -1.68. The summed E-state index contributed by atoms with van der Waals surface area (Å²) in [7, 11) is 0. The van der Waals surface area contributed by atoms with Gasteiger partial charge in [0.05, 0.1) is 5.69 Å². The first-order valence-electron chi connectivity index (χ1n) is 7.43. The largest absolute Gasteiger partial charge is 0.302 e. The Balaban J connectivity index is 2.02. The Labute approximate surface area is 130 Å². The number of hydrogen-bond donors (Lipinski definition) is 1. The monoisotopic (exact) mass is 302 g/mol. The van der Waals surface area contributed by atoms with Crippen LogP contribution in [0.3, 0.4) is 0 Å². The maximum Gasteiger partial charge on any atom is 0.226 e. The van der Waals surface area contributed by atoms with Crippen molar-refractivity contribution in [1.82, 2.24) is 4.98 Å². The van der Waals surface area contributed by atoms with E-state index in [4.69, 9.17) is 0 Å². The van der Waals surface area contributed by atoms with Crippen molar-refractivity contribution in [1.29, 1.82) is 0 Å². The van der Waals surface area contributed by atoms with Gasteiger partial charge in [-0.3, -0.25) is 4.79 Å². The van der Waals surface area contributed by atoms with Crippen LogP contribution in [0.2, 0.25) is 0 Å². The number of amides is 1. The zero-order valence-corrected chi connectivity index (χ0v) is 13.7. The van der Waals surface area contributed by atoms with Crippen LogP contribution in [0.5, 0.6) is 0 Å². The number of anilines is 1. The third kappa shape index (κ3) is 4.39. The molecule has 1 N–H and O–H groups in total. The third-order valence-corrected chi connectivity index (χ3v) is 4.17. The van der Waals surface area contributed by atoms with Crippen molar-refractivity contribution in [3.63, 3.8) is 0 Å². The van der Waals surface area contributed by atoms with Gasteiger partial charge in [-0.2, -0.15) is 0 Å². The van der Waals surface area contributed by atoms with E-state index in [-0.39, 0.29) is 5.91 Å². The average molecular weight is 302 g/mol. The molecule has 2 rings (SSSR count). The minimum Gasteiger partial charge on any atom is -0.302 e. The highest BCUT2D eigenvalue weighted by Gasteiger charge is 2.09. The zero-order valence-electron chi connectivity index (χ0n) is 12.9. The van der Waals surface area contributed by atoms with Crippen molar-refractivity contribution >= 4 is 22.4 Å². The fraction of sp³-hybridized carbons (Fsp3) is 0.412. The van der Waals surface area contributed by atoms with Gasteiger partial charge in [0.25, 0.3) is 0 Å². The second kappa shape index (κ2) is 7.36. The van der Waals surface area contributed by atoms with Crippen LogP contribution in [0.25, 0.3) is 11.3 Å². The molecule has 0 saturated heterocycles. The SMILES string of the molecule is CCCCCC(=O)Nc1nc(-c2ccc(C)cc2C)cs1. The number of carbonyl (C=O) groups is 1. The minimum absolute atomic E-state index is 0.0602. The van der Waals surface area contributed by atoms with Crippen LogP contribution < -0.4 is 5.32 Å². The lowest BCUT2D eigenvalue weighted by Crippen LogP contribution is -2.10. The van der Waals surface area contributed by atoms with Crippen LogP contribution in [0.4, 0.5) is 5.13 Å². The number of rotatable bonds is 6. The number of aromatic nitrogens is 1. The molecular formula is C17H22N2OS.